The Hall–Kier alpha value is -2.64. The average Bonchev–Trinajstić information content (AvgIpc) is 3.02. The van der Waals surface area contributed by atoms with Crippen LogP contribution in [0, 0.1) is 0 Å². The molecule has 0 fully saturated rings. The van der Waals surface area contributed by atoms with Crippen molar-refractivity contribution < 1.29 is 19.1 Å². The van der Waals surface area contributed by atoms with Gasteiger partial charge in [0, 0.05) is 16.0 Å². The number of fused-ring (bicyclic) bond motifs is 1. The van der Waals surface area contributed by atoms with Crippen molar-refractivity contribution in [3.63, 3.8) is 0 Å². The van der Waals surface area contributed by atoms with E-state index in [1.807, 2.05) is 0 Å². The number of primary amides is 1. The third kappa shape index (κ3) is 4.99. The van der Waals surface area contributed by atoms with Gasteiger partial charge in [-0.2, -0.15) is 0 Å². The first-order chi connectivity index (χ1) is 13.4. The molecule has 1 aromatic heterocycles. The average molecular weight is 419 g/mol. The molecule has 1 heterocycles. The maximum atomic E-state index is 12.1. The Balaban J connectivity index is 1.58. The molecule has 0 spiro atoms. The van der Waals surface area contributed by atoms with Crippen LogP contribution in [0.4, 0.5) is 5.00 Å². The van der Waals surface area contributed by atoms with E-state index in [4.69, 9.17) is 22.1 Å². The minimum absolute atomic E-state index is 0.375. The maximum Gasteiger partial charge on any atom is 0.331 e. The molecule has 0 saturated carbocycles. The Morgan fingerprint density at radius 3 is 2.79 bits per heavy atom. The van der Waals surface area contributed by atoms with Crippen molar-refractivity contribution >= 4 is 51.8 Å². The Morgan fingerprint density at radius 1 is 1.25 bits per heavy atom. The molecule has 146 valence electrons. The van der Waals surface area contributed by atoms with Crippen LogP contribution in [-0.4, -0.2) is 24.4 Å². The second-order valence-corrected chi connectivity index (χ2v) is 7.87. The van der Waals surface area contributed by atoms with Gasteiger partial charge in [0.25, 0.3) is 11.8 Å². The molecule has 0 unspecified atom stereocenters. The number of hydrogen-bond acceptors (Lipinski definition) is 5. The number of carbonyl (C=O) groups is 3. The van der Waals surface area contributed by atoms with Crippen LogP contribution < -0.4 is 11.1 Å². The van der Waals surface area contributed by atoms with E-state index in [2.05, 4.69) is 5.32 Å². The Labute approximate surface area is 171 Å². The first-order valence-corrected chi connectivity index (χ1v) is 9.98. The van der Waals surface area contributed by atoms with Gasteiger partial charge in [0.1, 0.15) is 5.00 Å². The second kappa shape index (κ2) is 9.03. The van der Waals surface area contributed by atoms with E-state index in [0.29, 0.717) is 15.6 Å². The van der Waals surface area contributed by atoms with Gasteiger partial charge in [-0.15, -0.1) is 11.3 Å². The van der Waals surface area contributed by atoms with E-state index in [0.717, 1.165) is 41.7 Å². The molecule has 2 amide bonds. The van der Waals surface area contributed by atoms with E-state index in [-0.39, 0.29) is 0 Å². The van der Waals surface area contributed by atoms with E-state index in [1.165, 1.54) is 17.4 Å². The molecule has 8 heteroatoms. The molecule has 0 radical (unpaired) electrons. The number of nitrogens with two attached hydrogens (primary N) is 1. The summed E-state index contributed by atoms with van der Waals surface area (Å²) in [7, 11) is 0. The summed E-state index contributed by atoms with van der Waals surface area (Å²) in [5.74, 6) is -1.74. The van der Waals surface area contributed by atoms with E-state index >= 15 is 0 Å². The lowest BCUT2D eigenvalue weighted by Gasteiger charge is -2.11. The molecular weight excluding hydrogens is 400 g/mol. The van der Waals surface area contributed by atoms with Gasteiger partial charge >= 0.3 is 5.97 Å². The summed E-state index contributed by atoms with van der Waals surface area (Å²) >= 11 is 7.24. The Kier molecular flexibility index (Phi) is 6.49. The zero-order valence-corrected chi connectivity index (χ0v) is 16.6. The SMILES string of the molecule is NC(=O)c1c(NC(=O)COC(=O)/C=C/c2cccc(Cl)c2)sc2c1CCCC2. The minimum atomic E-state index is -0.657. The summed E-state index contributed by atoms with van der Waals surface area (Å²) < 4.78 is 4.95. The van der Waals surface area contributed by atoms with Crippen LogP contribution in [0.2, 0.25) is 5.02 Å². The summed E-state index contributed by atoms with van der Waals surface area (Å²) in [6, 6.07) is 6.97. The lowest BCUT2D eigenvalue weighted by atomic mass is 9.95. The molecule has 1 aliphatic carbocycles. The number of thiophene rings is 1. The van der Waals surface area contributed by atoms with Gasteiger partial charge in [0.15, 0.2) is 6.61 Å². The molecule has 2 aromatic rings. The summed E-state index contributed by atoms with van der Waals surface area (Å²) in [5.41, 5.74) is 7.55. The predicted molar refractivity (Wildman–Crippen MR) is 110 cm³/mol. The third-order valence-corrected chi connectivity index (χ3v) is 5.72. The van der Waals surface area contributed by atoms with Crippen molar-refractivity contribution in [2.24, 2.45) is 5.73 Å². The van der Waals surface area contributed by atoms with Crippen LogP contribution >= 0.6 is 22.9 Å². The van der Waals surface area contributed by atoms with E-state index in [9.17, 15) is 14.4 Å². The molecule has 1 aliphatic rings. The van der Waals surface area contributed by atoms with E-state index < -0.39 is 24.4 Å². The normalized spacial score (nSPS) is 13.2. The minimum Gasteiger partial charge on any atom is -0.452 e. The van der Waals surface area contributed by atoms with Crippen molar-refractivity contribution in [3.8, 4) is 0 Å². The molecule has 1 aromatic carbocycles. The first kappa shape index (κ1) is 20.1. The lowest BCUT2D eigenvalue weighted by Crippen LogP contribution is -2.22. The highest BCUT2D eigenvalue weighted by Gasteiger charge is 2.25. The number of rotatable bonds is 6. The molecule has 0 atom stereocenters. The molecule has 0 saturated heterocycles. The summed E-state index contributed by atoms with van der Waals surface area (Å²) in [5, 5.41) is 3.63. The van der Waals surface area contributed by atoms with Crippen LogP contribution in [0.1, 0.15) is 39.2 Å². The second-order valence-electron chi connectivity index (χ2n) is 6.32. The quantitative estimate of drug-likeness (QED) is 0.553. The monoisotopic (exact) mass is 418 g/mol. The molecule has 3 rings (SSSR count). The van der Waals surface area contributed by atoms with Gasteiger partial charge in [-0.1, -0.05) is 23.7 Å². The zero-order chi connectivity index (χ0) is 20.1. The maximum absolute atomic E-state index is 12.1. The fourth-order valence-electron chi connectivity index (χ4n) is 3.04. The predicted octanol–water partition coefficient (Wildman–Crippen LogP) is 3.57. The number of carbonyl (C=O) groups excluding carboxylic acids is 3. The number of amides is 2. The number of halogens is 1. The summed E-state index contributed by atoms with van der Waals surface area (Å²) in [6.07, 6.45) is 6.47. The van der Waals surface area contributed by atoms with Crippen LogP contribution in [0.5, 0.6) is 0 Å². The van der Waals surface area contributed by atoms with Crippen molar-refractivity contribution in [3.05, 3.63) is 56.9 Å². The Bertz CT molecular complexity index is 952. The molecule has 0 bridgehead atoms. The topological polar surface area (TPSA) is 98.5 Å². The van der Waals surface area contributed by atoms with Crippen molar-refractivity contribution in [1.82, 2.24) is 0 Å². The number of hydrogen-bond donors (Lipinski definition) is 2. The van der Waals surface area contributed by atoms with Crippen LogP contribution in [0.3, 0.4) is 0 Å². The number of ether oxygens (including phenoxy) is 1. The van der Waals surface area contributed by atoms with Crippen molar-refractivity contribution in [2.45, 2.75) is 25.7 Å². The highest BCUT2D eigenvalue weighted by atomic mass is 35.5. The summed E-state index contributed by atoms with van der Waals surface area (Å²) in [4.78, 5) is 36.8. The molecular formula is C20H19ClN2O4S. The number of aryl methyl sites for hydroxylation is 1. The zero-order valence-electron chi connectivity index (χ0n) is 15.0. The van der Waals surface area contributed by atoms with Crippen molar-refractivity contribution in [2.75, 3.05) is 11.9 Å². The number of esters is 1. The fourth-order valence-corrected chi connectivity index (χ4v) is 4.55. The molecule has 6 nitrogen and oxygen atoms in total. The lowest BCUT2D eigenvalue weighted by molar-refractivity contribution is -0.142. The molecule has 28 heavy (non-hydrogen) atoms. The fraction of sp³-hybridized carbons (Fsp3) is 0.250. The Morgan fingerprint density at radius 2 is 2.04 bits per heavy atom. The van der Waals surface area contributed by atoms with Gasteiger partial charge in [-0.25, -0.2) is 4.79 Å². The smallest absolute Gasteiger partial charge is 0.331 e. The third-order valence-electron chi connectivity index (χ3n) is 4.28. The largest absolute Gasteiger partial charge is 0.452 e. The number of benzene rings is 1. The van der Waals surface area contributed by atoms with Gasteiger partial charge in [-0.3, -0.25) is 9.59 Å². The van der Waals surface area contributed by atoms with E-state index in [1.54, 1.807) is 30.3 Å². The highest BCUT2D eigenvalue weighted by Crippen LogP contribution is 2.37. The van der Waals surface area contributed by atoms with Crippen LogP contribution in [0.15, 0.2) is 30.3 Å². The van der Waals surface area contributed by atoms with Gasteiger partial charge < -0.3 is 15.8 Å². The van der Waals surface area contributed by atoms with Gasteiger partial charge in [-0.05, 0) is 55.0 Å². The molecule has 3 N–H and O–H groups in total. The molecule has 0 aliphatic heterocycles. The van der Waals surface area contributed by atoms with Crippen LogP contribution in [-0.2, 0) is 27.2 Å². The highest BCUT2D eigenvalue weighted by molar-refractivity contribution is 7.17. The number of nitrogens with one attached hydrogen (secondary N) is 1. The summed E-state index contributed by atoms with van der Waals surface area (Å²) in [6.45, 7) is -0.459. The first-order valence-electron chi connectivity index (χ1n) is 8.78. The van der Waals surface area contributed by atoms with Gasteiger partial charge in [0.05, 0.1) is 5.56 Å². The number of anilines is 1. The van der Waals surface area contributed by atoms with Crippen LogP contribution in [0.25, 0.3) is 6.08 Å². The standard InChI is InChI=1S/C20H19ClN2O4S/c21-13-5-3-4-12(10-13)8-9-17(25)27-11-16(24)23-20-18(19(22)26)14-6-1-2-7-15(14)28-20/h3-5,8-10H,1-2,6-7,11H2,(H2,22,26)(H,23,24)/b9-8+. The van der Waals surface area contributed by atoms with Crippen molar-refractivity contribution in [1.29, 1.82) is 0 Å². The van der Waals surface area contributed by atoms with Gasteiger partial charge in [0.2, 0.25) is 0 Å².